The SMILES string of the molecule is C.C.C.C.C.C=CC1COS(=O)(=O)C1.C=CC1CS(=O)(=O)OC1C(C)C.CC1CCCS1(=O)=O.CC1CCS(=O)(=O)C1.CC1CCS(=O)(=O)O1.O=S1(=O)CCC(F)C1.O=S1(=O)CCC(F)O1.O=S1(=O)CCCC1.O=S1(=O)CCCC1C(F)(F)F.O=S1(=O)CCCC1F. The second-order valence-electron chi connectivity index (χ2n) is 22.1. The normalized spacial score (nSPS) is 31.8. The molecule has 92 heavy (non-hydrogen) atoms. The van der Waals surface area contributed by atoms with Gasteiger partial charge in [0.15, 0.2) is 54.4 Å². The molecule has 0 N–H and O–H groups in total. The Morgan fingerprint density at radius 3 is 1.09 bits per heavy atom. The highest BCUT2D eigenvalue weighted by molar-refractivity contribution is 7.93. The van der Waals surface area contributed by atoms with Crippen LogP contribution in [0.4, 0.5) is 26.3 Å². The third kappa shape index (κ3) is 40.3. The van der Waals surface area contributed by atoms with Crippen LogP contribution in [0.25, 0.3) is 0 Å². The molecule has 10 atom stereocenters. The molecule has 0 aromatic rings. The molecule has 0 aromatic heterocycles. The lowest BCUT2D eigenvalue weighted by molar-refractivity contribution is -0.130. The molecule has 0 aromatic carbocycles. The molecule has 10 saturated heterocycles. The van der Waals surface area contributed by atoms with E-state index >= 15 is 0 Å². The first kappa shape index (κ1) is 99.1. The minimum absolute atomic E-state index is 0. The van der Waals surface area contributed by atoms with E-state index in [-0.39, 0.29) is 157 Å². The maximum Gasteiger partial charge on any atom is 0.405 e. The highest BCUT2D eigenvalue weighted by atomic mass is 32.2. The highest BCUT2D eigenvalue weighted by Gasteiger charge is 2.51. The van der Waals surface area contributed by atoms with Gasteiger partial charge in [0.05, 0.1) is 98.9 Å². The Labute approximate surface area is 549 Å². The second-order valence-corrected chi connectivity index (χ2v) is 42.7. The van der Waals surface area contributed by atoms with Crippen molar-refractivity contribution in [1.29, 1.82) is 0 Å². The molecule has 558 valence electrons. The minimum Gasteiger partial charge on any atom is -0.269 e. The van der Waals surface area contributed by atoms with Crippen LogP contribution in [0.2, 0.25) is 0 Å². The molecule has 0 amide bonds. The van der Waals surface area contributed by atoms with Gasteiger partial charge in [-0.3, -0.25) is 12.5 Å². The molecule has 0 bridgehead atoms. The van der Waals surface area contributed by atoms with Crippen molar-refractivity contribution in [3.8, 4) is 0 Å². The summed E-state index contributed by atoms with van der Waals surface area (Å²) in [5.74, 6) is 2.32. The standard InChI is InChI=1S/C8H14O3S.C5H7F3O2S.C5H8O3S.2C5H10O2S.2C4H7FO2S.C4H8O3S.C4H8O2S.C3H5FO3S.5CH4/c1-4-7-5-12(9,10)11-8(7)6(2)3;6-5(7,8)4-2-1-3-11(4,9)10;1-2-5-3-8-9(6,7)4-5;1-5-2-3-8(6,7)4-5;1-5-3-2-4-8(5,6)7;5-4-1-2-8(6,7)3-4;5-4-2-1-3-8(4,6)7;1-4-2-3-8(5,6)7-4;5-7(6)3-1-2-4-7;4-3-1-2-8(5,6)7-3;;;;;/h4,6-8H,1,5H2,2-3H3;4H,1-3H2;2,5H,1,3-4H2;2*5H,2-4H2,1H3;2*4H,1-3H2;4H,2-3H2,1H3;1-4H2;3H,1-2H2;5*1H4. The Morgan fingerprint density at radius 2 is 0.924 bits per heavy atom. The molecule has 10 heterocycles. The van der Waals surface area contributed by atoms with Crippen LogP contribution < -0.4 is 0 Å². The Kier molecular flexibility index (Phi) is 44.9. The van der Waals surface area contributed by atoms with Gasteiger partial charge in [-0.15, -0.1) is 13.2 Å². The van der Waals surface area contributed by atoms with Crippen LogP contribution in [0, 0.1) is 23.7 Å². The molecule has 24 nitrogen and oxygen atoms in total. The Balaban J connectivity index is -0.000000304. The zero-order valence-corrected chi connectivity index (χ0v) is 57.1. The van der Waals surface area contributed by atoms with Crippen LogP contribution in [0.1, 0.15) is 149 Å². The summed E-state index contributed by atoms with van der Waals surface area (Å²) in [5, 5.41) is -2.17. The first-order chi connectivity index (χ1) is 39.3. The molecule has 0 aliphatic carbocycles. The van der Waals surface area contributed by atoms with Gasteiger partial charge in [-0.05, 0) is 96.3 Å². The lowest BCUT2D eigenvalue weighted by Gasteiger charge is -2.16. The van der Waals surface area contributed by atoms with Crippen LogP contribution in [-0.2, 0) is 116 Å². The Bertz CT molecular complexity index is 3160. The smallest absolute Gasteiger partial charge is 0.269 e. The van der Waals surface area contributed by atoms with Crippen molar-refractivity contribution in [3.05, 3.63) is 25.3 Å². The maximum atomic E-state index is 12.1. The Hall–Kier alpha value is -1.60. The van der Waals surface area contributed by atoms with Gasteiger partial charge in [0.1, 0.15) is 16.0 Å². The van der Waals surface area contributed by atoms with Gasteiger partial charge in [-0.1, -0.05) is 70.1 Å². The fraction of sp³-hybridized carbons (Fsp3) is 0.923. The van der Waals surface area contributed by atoms with Crippen molar-refractivity contribution < 1.29 is 127 Å². The summed E-state index contributed by atoms with van der Waals surface area (Å²) in [7, 11) is -30.9. The number of alkyl halides is 6. The van der Waals surface area contributed by atoms with Crippen molar-refractivity contribution >= 4 is 99.5 Å². The van der Waals surface area contributed by atoms with Crippen LogP contribution in [0.3, 0.4) is 0 Å². The van der Waals surface area contributed by atoms with Gasteiger partial charge in [0, 0.05) is 18.3 Å². The van der Waals surface area contributed by atoms with Gasteiger partial charge in [0.2, 0.25) is 11.9 Å². The van der Waals surface area contributed by atoms with Gasteiger partial charge in [0.25, 0.3) is 40.5 Å². The number of sulfone groups is 6. The fourth-order valence-electron chi connectivity index (χ4n) is 8.59. The molecular formula is C52H104F6O24S10. The molecule has 10 aliphatic heterocycles. The molecule has 10 aliphatic rings. The van der Waals surface area contributed by atoms with E-state index in [2.05, 4.69) is 25.7 Å². The average Bonchev–Trinajstić information content (AvgIpc) is 2.09. The van der Waals surface area contributed by atoms with Gasteiger partial charge >= 0.3 is 6.18 Å². The summed E-state index contributed by atoms with van der Waals surface area (Å²) in [4.78, 5) is 0. The lowest BCUT2D eigenvalue weighted by atomic mass is 9.95. The van der Waals surface area contributed by atoms with Crippen molar-refractivity contribution in [2.24, 2.45) is 23.7 Å². The molecule has 0 radical (unpaired) electrons. The zero-order valence-electron chi connectivity index (χ0n) is 49.0. The monoisotopic (exact) mass is 1550 g/mol. The van der Waals surface area contributed by atoms with Gasteiger partial charge < -0.3 is 0 Å². The van der Waals surface area contributed by atoms with E-state index < -0.39 is 129 Å². The molecule has 10 fully saturated rings. The highest BCUT2D eigenvalue weighted by Crippen LogP contribution is 2.34. The van der Waals surface area contributed by atoms with Crippen molar-refractivity contribution in [1.82, 2.24) is 0 Å². The third-order valence-corrected chi connectivity index (χ3v) is 30.7. The lowest BCUT2D eigenvalue weighted by Crippen LogP contribution is -2.32. The van der Waals surface area contributed by atoms with E-state index in [1.165, 1.54) is 0 Å². The van der Waals surface area contributed by atoms with E-state index in [9.17, 15) is 111 Å². The van der Waals surface area contributed by atoms with Crippen molar-refractivity contribution in [2.45, 2.75) is 196 Å². The summed E-state index contributed by atoms with van der Waals surface area (Å²) in [5.41, 5.74) is -1.57. The number of halogens is 6. The summed E-state index contributed by atoms with van der Waals surface area (Å²) >= 11 is 0. The summed E-state index contributed by atoms with van der Waals surface area (Å²) in [6.07, 6.45) is 1.39. The molecule has 10 rings (SSSR count). The molecule has 40 heteroatoms. The predicted octanol–water partition coefficient (Wildman–Crippen LogP) is 7.64. The van der Waals surface area contributed by atoms with Crippen LogP contribution in [0.5, 0.6) is 0 Å². The van der Waals surface area contributed by atoms with Crippen LogP contribution in [0.15, 0.2) is 25.3 Å². The summed E-state index contributed by atoms with van der Waals surface area (Å²) in [6, 6.07) is 0. The van der Waals surface area contributed by atoms with Crippen molar-refractivity contribution in [3.63, 3.8) is 0 Å². The quantitative estimate of drug-likeness (QED) is 0.149. The fourth-order valence-corrected chi connectivity index (χ4v) is 23.3. The van der Waals surface area contributed by atoms with E-state index in [1.807, 2.05) is 20.8 Å². The topological polar surface area (TPSA) is 378 Å². The van der Waals surface area contributed by atoms with E-state index in [4.69, 9.17) is 4.18 Å². The number of rotatable bonds is 3. The first-order valence-corrected chi connectivity index (χ1v) is 44.3. The van der Waals surface area contributed by atoms with E-state index in [1.54, 1.807) is 26.0 Å². The molecule has 0 spiro atoms. The maximum absolute atomic E-state index is 12.1. The third-order valence-electron chi connectivity index (χ3n) is 13.6. The predicted molar refractivity (Wildman–Crippen MR) is 349 cm³/mol. The van der Waals surface area contributed by atoms with Crippen LogP contribution in [-0.4, -0.2) is 212 Å². The first-order valence-electron chi connectivity index (χ1n) is 27.4. The second kappa shape index (κ2) is 41.7. The largest absolute Gasteiger partial charge is 0.405 e. The van der Waals surface area contributed by atoms with E-state index in [0.29, 0.717) is 47.5 Å². The van der Waals surface area contributed by atoms with E-state index in [0.717, 1.165) is 32.1 Å². The number of hydrogen-bond acceptors (Lipinski definition) is 24. The van der Waals surface area contributed by atoms with Crippen molar-refractivity contribution in [2.75, 3.05) is 81.4 Å². The molecular weight excluding hydrogens is 1440 g/mol. The van der Waals surface area contributed by atoms with Gasteiger partial charge in [-0.25, -0.2) is 67.9 Å². The molecule has 0 saturated carbocycles. The Morgan fingerprint density at radius 1 is 0.446 bits per heavy atom. The van der Waals surface area contributed by atoms with Crippen LogP contribution >= 0.6 is 0 Å². The molecule has 10 unspecified atom stereocenters. The van der Waals surface area contributed by atoms with Gasteiger partial charge in [-0.2, -0.15) is 46.8 Å². The summed E-state index contributed by atoms with van der Waals surface area (Å²) in [6.45, 7) is 16.7. The average molecular weight is 1550 g/mol. The number of hydrogen-bond donors (Lipinski definition) is 0. The minimum atomic E-state index is -4.57. The summed E-state index contributed by atoms with van der Waals surface area (Å²) < 4.78 is 300. The zero-order chi connectivity index (χ0) is 67.5.